The van der Waals surface area contributed by atoms with Crippen LogP contribution < -0.4 is 5.32 Å². The number of hydrogen-bond donors (Lipinski definition) is 1. The molecule has 2 aromatic carbocycles. The molecule has 0 heterocycles. The van der Waals surface area contributed by atoms with Gasteiger partial charge >= 0.3 is 0 Å². The van der Waals surface area contributed by atoms with Crippen molar-refractivity contribution in [1.29, 1.82) is 0 Å². The Morgan fingerprint density at radius 1 is 1.15 bits per heavy atom. The highest BCUT2D eigenvalue weighted by atomic mass is 35.5. The molecule has 0 aliphatic rings. The summed E-state index contributed by atoms with van der Waals surface area (Å²) in [6.07, 6.45) is 0.437. The highest BCUT2D eigenvalue weighted by molar-refractivity contribution is 6.35. The van der Waals surface area contributed by atoms with Gasteiger partial charge in [-0.25, -0.2) is 8.78 Å². The van der Waals surface area contributed by atoms with Crippen LogP contribution in [0.4, 0.5) is 8.78 Å². The first-order valence-corrected chi connectivity index (χ1v) is 6.83. The Kier molecular flexibility index (Phi) is 4.97. The first kappa shape index (κ1) is 15.2. The van der Waals surface area contributed by atoms with E-state index in [4.69, 9.17) is 23.2 Å². The van der Waals surface area contributed by atoms with Crippen LogP contribution in [-0.2, 0) is 6.42 Å². The molecule has 0 aliphatic heterocycles. The predicted octanol–water partition coefficient (Wildman–Crippen LogP) is 4.77. The average Bonchev–Trinajstić information content (AvgIpc) is 2.42. The summed E-state index contributed by atoms with van der Waals surface area (Å²) < 4.78 is 27.1. The Bertz CT molecular complexity index is 617. The van der Waals surface area contributed by atoms with E-state index in [-0.39, 0.29) is 11.6 Å². The second kappa shape index (κ2) is 6.53. The lowest BCUT2D eigenvalue weighted by atomic mass is 9.98. The fraction of sp³-hybridized carbons (Fsp3) is 0.200. The number of likely N-dealkylation sites (N-methyl/N-ethyl adjacent to an activating group) is 1. The second-order valence-electron chi connectivity index (χ2n) is 4.42. The zero-order valence-corrected chi connectivity index (χ0v) is 12.3. The minimum absolute atomic E-state index is 0.276. The van der Waals surface area contributed by atoms with Crippen molar-refractivity contribution in [2.75, 3.05) is 7.05 Å². The second-order valence-corrected chi connectivity index (χ2v) is 5.27. The Labute approximate surface area is 126 Å². The molecule has 2 aromatic rings. The lowest BCUT2D eigenvalue weighted by molar-refractivity contribution is 0.473. The third-order valence-electron chi connectivity index (χ3n) is 3.14. The first-order chi connectivity index (χ1) is 9.52. The zero-order chi connectivity index (χ0) is 14.7. The summed E-state index contributed by atoms with van der Waals surface area (Å²) in [5.41, 5.74) is 1.09. The van der Waals surface area contributed by atoms with Crippen molar-refractivity contribution in [1.82, 2.24) is 5.32 Å². The summed E-state index contributed by atoms with van der Waals surface area (Å²) in [6.45, 7) is 0. The molecule has 0 aromatic heterocycles. The van der Waals surface area contributed by atoms with Gasteiger partial charge in [-0.3, -0.25) is 0 Å². The molecule has 5 heteroatoms. The van der Waals surface area contributed by atoms with Gasteiger partial charge in [0.1, 0.15) is 0 Å². The van der Waals surface area contributed by atoms with Gasteiger partial charge in [0, 0.05) is 21.7 Å². The molecule has 0 radical (unpaired) electrons. The fourth-order valence-electron chi connectivity index (χ4n) is 2.06. The van der Waals surface area contributed by atoms with Gasteiger partial charge < -0.3 is 5.32 Å². The quantitative estimate of drug-likeness (QED) is 0.856. The maximum Gasteiger partial charge on any atom is 0.163 e. The standard InChI is InChI=1S/C15H13Cl2F2N/c1-20-14(11-3-2-4-13(18)15(11)19)7-9-5-6-10(16)8-12(9)17/h2-6,8,14,20H,7H2,1H3. The van der Waals surface area contributed by atoms with E-state index in [9.17, 15) is 8.78 Å². The summed E-state index contributed by atoms with van der Waals surface area (Å²) in [5, 5.41) is 4.03. The molecule has 20 heavy (non-hydrogen) atoms. The predicted molar refractivity (Wildman–Crippen MR) is 78.3 cm³/mol. The van der Waals surface area contributed by atoms with Crippen LogP contribution in [0, 0.1) is 11.6 Å². The van der Waals surface area contributed by atoms with Gasteiger partial charge in [0.15, 0.2) is 11.6 Å². The van der Waals surface area contributed by atoms with Gasteiger partial charge in [0.05, 0.1) is 0 Å². The molecule has 1 atom stereocenters. The topological polar surface area (TPSA) is 12.0 Å². The third kappa shape index (κ3) is 3.29. The van der Waals surface area contributed by atoms with E-state index in [0.717, 1.165) is 11.6 Å². The van der Waals surface area contributed by atoms with Crippen molar-refractivity contribution in [3.8, 4) is 0 Å². The summed E-state index contributed by atoms with van der Waals surface area (Å²) in [7, 11) is 1.69. The summed E-state index contributed by atoms with van der Waals surface area (Å²) >= 11 is 11.9. The molecule has 0 bridgehead atoms. The SMILES string of the molecule is CNC(Cc1ccc(Cl)cc1Cl)c1cccc(F)c1F. The Balaban J connectivity index is 2.31. The van der Waals surface area contributed by atoms with Crippen LogP contribution >= 0.6 is 23.2 Å². The van der Waals surface area contributed by atoms with Gasteiger partial charge in [-0.05, 0) is 37.2 Å². The lowest BCUT2D eigenvalue weighted by Crippen LogP contribution is -2.20. The third-order valence-corrected chi connectivity index (χ3v) is 3.73. The van der Waals surface area contributed by atoms with E-state index in [1.807, 2.05) is 0 Å². The van der Waals surface area contributed by atoms with Crippen LogP contribution in [0.3, 0.4) is 0 Å². The van der Waals surface area contributed by atoms with Crippen LogP contribution in [-0.4, -0.2) is 7.05 Å². The van der Waals surface area contributed by atoms with Crippen molar-refractivity contribution in [3.05, 3.63) is 69.2 Å². The monoisotopic (exact) mass is 315 g/mol. The molecule has 0 fully saturated rings. The first-order valence-electron chi connectivity index (χ1n) is 6.08. The van der Waals surface area contributed by atoms with Gasteiger partial charge in [0.25, 0.3) is 0 Å². The molecular weight excluding hydrogens is 303 g/mol. The zero-order valence-electron chi connectivity index (χ0n) is 10.8. The molecule has 0 saturated carbocycles. The molecule has 1 N–H and O–H groups in total. The smallest absolute Gasteiger partial charge is 0.163 e. The normalized spacial score (nSPS) is 12.4. The fourth-order valence-corrected chi connectivity index (χ4v) is 2.55. The molecule has 0 saturated heterocycles. The Morgan fingerprint density at radius 3 is 2.55 bits per heavy atom. The number of rotatable bonds is 4. The highest BCUT2D eigenvalue weighted by Crippen LogP contribution is 2.27. The van der Waals surface area contributed by atoms with Crippen LogP contribution in [0.2, 0.25) is 10.0 Å². The summed E-state index contributed by atoms with van der Waals surface area (Å²) in [6, 6.07) is 8.91. The van der Waals surface area contributed by atoms with Crippen LogP contribution in [0.5, 0.6) is 0 Å². The van der Waals surface area contributed by atoms with E-state index in [2.05, 4.69) is 5.32 Å². The van der Waals surface area contributed by atoms with Crippen LogP contribution in [0.25, 0.3) is 0 Å². The molecule has 2 rings (SSSR count). The van der Waals surface area contributed by atoms with E-state index in [1.165, 1.54) is 6.07 Å². The average molecular weight is 316 g/mol. The maximum atomic E-state index is 13.8. The Morgan fingerprint density at radius 2 is 1.90 bits per heavy atom. The van der Waals surface area contributed by atoms with Crippen LogP contribution in [0.1, 0.15) is 17.2 Å². The minimum atomic E-state index is -0.857. The summed E-state index contributed by atoms with van der Waals surface area (Å²) in [4.78, 5) is 0. The number of benzene rings is 2. The number of hydrogen-bond acceptors (Lipinski definition) is 1. The van der Waals surface area contributed by atoms with E-state index >= 15 is 0 Å². The number of nitrogens with one attached hydrogen (secondary N) is 1. The van der Waals surface area contributed by atoms with Crippen molar-refractivity contribution in [2.45, 2.75) is 12.5 Å². The van der Waals surface area contributed by atoms with E-state index in [1.54, 1.807) is 31.3 Å². The highest BCUT2D eigenvalue weighted by Gasteiger charge is 2.18. The van der Waals surface area contributed by atoms with Crippen molar-refractivity contribution >= 4 is 23.2 Å². The van der Waals surface area contributed by atoms with Crippen molar-refractivity contribution in [2.24, 2.45) is 0 Å². The van der Waals surface area contributed by atoms with Crippen LogP contribution in [0.15, 0.2) is 36.4 Å². The van der Waals surface area contributed by atoms with E-state index < -0.39 is 11.6 Å². The van der Waals surface area contributed by atoms with Crippen molar-refractivity contribution in [3.63, 3.8) is 0 Å². The molecule has 0 amide bonds. The molecule has 1 nitrogen and oxygen atoms in total. The lowest BCUT2D eigenvalue weighted by Gasteiger charge is -2.18. The van der Waals surface area contributed by atoms with Gasteiger partial charge in [-0.2, -0.15) is 0 Å². The minimum Gasteiger partial charge on any atom is -0.313 e. The maximum absolute atomic E-state index is 13.8. The van der Waals surface area contributed by atoms with E-state index in [0.29, 0.717) is 16.5 Å². The van der Waals surface area contributed by atoms with Gasteiger partial charge in [0.2, 0.25) is 0 Å². The molecular formula is C15H13Cl2F2N. The molecule has 0 spiro atoms. The molecule has 1 unspecified atom stereocenters. The largest absolute Gasteiger partial charge is 0.313 e. The molecule has 106 valence electrons. The number of halogens is 4. The molecule has 0 aliphatic carbocycles. The van der Waals surface area contributed by atoms with Gasteiger partial charge in [-0.1, -0.05) is 41.4 Å². The Hall–Kier alpha value is -1.16. The summed E-state index contributed by atoms with van der Waals surface area (Å²) in [5.74, 6) is -1.69. The van der Waals surface area contributed by atoms with Gasteiger partial charge in [-0.15, -0.1) is 0 Å². The van der Waals surface area contributed by atoms with Crippen molar-refractivity contribution < 1.29 is 8.78 Å².